The Morgan fingerprint density at radius 2 is 1.59 bits per heavy atom. The third-order valence-electron chi connectivity index (χ3n) is 3.02. The van der Waals surface area contributed by atoms with Crippen molar-refractivity contribution in [2.45, 2.75) is 20.8 Å². The van der Waals surface area contributed by atoms with E-state index in [-0.39, 0.29) is 0 Å². The quantitative estimate of drug-likeness (QED) is 0.784. The minimum absolute atomic E-state index is 0.939. The first-order valence-corrected chi connectivity index (χ1v) is 6.16. The van der Waals surface area contributed by atoms with Gasteiger partial charge in [0.15, 0.2) is 0 Å². The summed E-state index contributed by atoms with van der Waals surface area (Å²) in [5, 5.41) is 0. The van der Waals surface area contributed by atoms with Crippen LogP contribution in [-0.4, -0.2) is 13.1 Å². The Balaban J connectivity index is 2.23. The third kappa shape index (κ3) is 2.52. The second-order valence-corrected chi connectivity index (χ2v) is 4.13. The summed E-state index contributed by atoms with van der Waals surface area (Å²) in [6.07, 6.45) is 0. The fourth-order valence-corrected chi connectivity index (χ4v) is 2.01. The molecule has 0 saturated heterocycles. The summed E-state index contributed by atoms with van der Waals surface area (Å²) < 4.78 is 5.61. The van der Waals surface area contributed by atoms with Crippen molar-refractivity contribution < 1.29 is 4.42 Å². The molecule has 1 heterocycles. The molecule has 0 unspecified atom stereocenters. The molecule has 0 N–H and O–H groups in total. The van der Waals surface area contributed by atoms with Gasteiger partial charge in [0.1, 0.15) is 11.5 Å². The highest BCUT2D eigenvalue weighted by Crippen LogP contribution is 2.24. The lowest BCUT2D eigenvalue weighted by molar-refractivity contribution is 0.548. The minimum atomic E-state index is 0.939. The lowest BCUT2D eigenvalue weighted by Gasteiger charge is -2.20. The van der Waals surface area contributed by atoms with Gasteiger partial charge in [-0.25, -0.2) is 0 Å². The van der Waals surface area contributed by atoms with E-state index in [9.17, 15) is 0 Å². The van der Waals surface area contributed by atoms with Gasteiger partial charge in [0, 0.05) is 24.3 Å². The summed E-state index contributed by atoms with van der Waals surface area (Å²) in [7, 11) is 0. The molecule has 17 heavy (non-hydrogen) atoms. The van der Waals surface area contributed by atoms with Crippen molar-refractivity contribution in [1.29, 1.82) is 0 Å². The predicted octanol–water partition coefficient (Wildman–Crippen LogP) is 4.10. The Hall–Kier alpha value is -1.70. The molecule has 1 aromatic carbocycles. The van der Waals surface area contributed by atoms with Crippen LogP contribution in [0.1, 0.15) is 19.6 Å². The van der Waals surface area contributed by atoms with Crippen molar-refractivity contribution in [3.8, 4) is 11.3 Å². The number of hydrogen-bond donors (Lipinski definition) is 0. The molecule has 0 aliphatic rings. The van der Waals surface area contributed by atoms with Crippen LogP contribution in [0.4, 0.5) is 5.69 Å². The number of benzene rings is 1. The first-order chi connectivity index (χ1) is 8.24. The molecule has 0 radical (unpaired) electrons. The summed E-state index contributed by atoms with van der Waals surface area (Å²) in [6.45, 7) is 8.39. The van der Waals surface area contributed by atoms with Gasteiger partial charge in [0.25, 0.3) is 0 Å². The maximum atomic E-state index is 5.61. The van der Waals surface area contributed by atoms with Crippen LogP contribution in [0.5, 0.6) is 0 Å². The molecule has 0 aliphatic carbocycles. The van der Waals surface area contributed by atoms with E-state index in [2.05, 4.69) is 43.0 Å². The molecule has 0 aliphatic heterocycles. The highest BCUT2D eigenvalue weighted by molar-refractivity contribution is 5.62. The molecule has 0 atom stereocenters. The van der Waals surface area contributed by atoms with Crippen molar-refractivity contribution in [3.05, 3.63) is 42.2 Å². The monoisotopic (exact) mass is 229 g/mol. The predicted molar refractivity (Wildman–Crippen MR) is 72.4 cm³/mol. The number of nitrogens with zero attached hydrogens (tertiary/aromatic N) is 1. The second kappa shape index (κ2) is 5.09. The van der Waals surface area contributed by atoms with Gasteiger partial charge in [-0.2, -0.15) is 0 Å². The van der Waals surface area contributed by atoms with Crippen LogP contribution >= 0.6 is 0 Å². The van der Waals surface area contributed by atoms with Gasteiger partial charge in [-0.05, 0) is 57.2 Å². The summed E-state index contributed by atoms with van der Waals surface area (Å²) in [6, 6.07) is 12.5. The summed E-state index contributed by atoms with van der Waals surface area (Å²) in [4.78, 5) is 2.33. The van der Waals surface area contributed by atoms with Crippen molar-refractivity contribution >= 4 is 5.69 Å². The van der Waals surface area contributed by atoms with E-state index in [0.29, 0.717) is 0 Å². The lowest BCUT2D eigenvalue weighted by Crippen LogP contribution is -2.21. The average molecular weight is 229 g/mol. The van der Waals surface area contributed by atoms with Gasteiger partial charge in [0.05, 0.1) is 0 Å². The van der Waals surface area contributed by atoms with E-state index >= 15 is 0 Å². The van der Waals surface area contributed by atoms with Crippen LogP contribution < -0.4 is 4.90 Å². The van der Waals surface area contributed by atoms with E-state index in [4.69, 9.17) is 4.42 Å². The molecule has 2 nitrogen and oxygen atoms in total. The Labute approximate surface area is 103 Å². The van der Waals surface area contributed by atoms with E-state index in [0.717, 1.165) is 30.2 Å². The number of hydrogen-bond acceptors (Lipinski definition) is 2. The van der Waals surface area contributed by atoms with Gasteiger partial charge < -0.3 is 9.32 Å². The molecule has 2 aromatic rings. The summed E-state index contributed by atoms with van der Waals surface area (Å²) in [5.74, 6) is 1.89. The van der Waals surface area contributed by atoms with Gasteiger partial charge in [-0.1, -0.05) is 0 Å². The van der Waals surface area contributed by atoms with Crippen LogP contribution in [0.3, 0.4) is 0 Å². The zero-order valence-electron chi connectivity index (χ0n) is 10.7. The maximum Gasteiger partial charge on any atom is 0.134 e. The normalized spacial score (nSPS) is 10.5. The molecule has 0 spiro atoms. The molecule has 0 amide bonds. The zero-order chi connectivity index (χ0) is 12.3. The van der Waals surface area contributed by atoms with Crippen molar-refractivity contribution in [1.82, 2.24) is 0 Å². The number of rotatable bonds is 4. The maximum absolute atomic E-state index is 5.61. The standard InChI is InChI=1S/C15H19NO/c1-4-16(5-2)14-9-7-13(8-10-14)15-11-6-12(3)17-15/h6-11H,4-5H2,1-3H3. The van der Waals surface area contributed by atoms with Crippen molar-refractivity contribution in [3.63, 3.8) is 0 Å². The molecule has 1 aromatic heterocycles. The Kier molecular flexibility index (Phi) is 3.52. The molecular formula is C15H19NO. The Bertz CT molecular complexity index is 466. The summed E-state index contributed by atoms with van der Waals surface area (Å²) in [5.41, 5.74) is 2.40. The van der Waals surface area contributed by atoms with E-state index in [1.165, 1.54) is 5.69 Å². The smallest absolute Gasteiger partial charge is 0.134 e. The number of aryl methyl sites for hydroxylation is 1. The third-order valence-corrected chi connectivity index (χ3v) is 3.02. The first-order valence-electron chi connectivity index (χ1n) is 6.16. The number of furan rings is 1. The Morgan fingerprint density at radius 3 is 2.06 bits per heavy atom. The lowest BCUT2D eigenvalue weighted by atomic mass is 10.1. The van der Waals surface area contributed by atoms with E-state index in [1.54, 1.807) is 0 Å². The molecule has 2 rings (SSSR count). The highest BCUT2D eigenvalue weighted by Gasteiger charge is 2.04. The van der Waals surface area contributed by atoms with Crippen LogP contribution in [0.2, 0.25) is 0 Å². The first kappa shape index (κ1) is 11.8. The zero-order valence-corrected chi connectivity index (χ0v) is 10.7. The van der Waals surface area contributed by atoms with Crippen LogP contribution in [-0.2, 0) is 0 Å². The van der Waals surface area contributed by atoms with Crippen molar-refractivity contribution in [2.75, 3.05) is 18.0 Å². The van der Waals surface area contributed by atoms with Crippen LogP contribution in [0.25, 0.3) is 11.3 Å². The Morgan fingerprint density at radius 1 is 0.941 bits per heavy atom. The number of anilines is 1. The highest BCUT2D eigenvalue weighted by atomic mass is 16.3. The van der Waals surface area contributed by atoms with Gasteiger partial charge in [-0.15, -0.1) is 0 Å². The molecular weight excluding hydrogens is 210 g/mol. The van der Waals surface area contributed by atoms with Gasteiger partial charge in [0.2, 0.25) is 0 Å². The van der Waals surface area contributed by atoms with Gasteiger partial charge in [-0.3, -0.25) is 0 Å². The van der Waals surface area contributed by atoms with E-state index in [1.807, 2.05) is 19.1 Å². The minimum Gasteiger partial charge on any atom is -0.461 e. The SMILES string of the molecule is CCN(CC)c1ccc(-c2ccc(C)o2)cc1. The fraction of sp³-hybridized carbons (Fsp3) is 0.333. The second-order valence-electron chi connectivity index (χ2n) is 4.13. The molecule has 0 saturated carbocycles. The molecule has 0 fully saturated rings. The van der Waals surface area contributed by atoms with Gasteiger partial charge >= 0.3 is 0 Å². The van der Waals surface area contributed by atoms with Crippen LogP contribution in [0.15, 0.2) is 40.8 Å². The molecule has 2 heteroatoms. The topological polar surface area (TPSA) is 16.4 Å². The largest absolute Gasteiger partial charge is 0.461 e. The average Bonchev–Trinajstić information content (AvgIpc) is 2.78. The fourth-order valence-electron chi connectivity index (χ4n) is 2.01. The van der Waals surface area contributed by atoms with E-state index < -0.39 is 0 Å². The summed E-state index contributed by atoms with van der Waals surface area (Å²) >= 11 is 0. The van der Waals surface area contributed by atoms with Crippen molar-refractivity contribution in [2.24, 2.45) is 0 Å². The molecule has 90 valence electrons. The van der Waals surface area contributed by atoms with Crippen LogP contribution in [0, 0.1) is 6.92 Å². The molecule has 0 bridgehead atoms.